The molecule has 0 spiro atoms. The molecule has 1 amide bonds. The van der Waals surface area contributed by atoms with Crippen molar-refractivity contribution in [2.24, 2.45) is 0 Å². The summed E-state index contributed by atoms with van der Waals surface area (Å²) in [7, 11) is 0. The zero-order valence-corrected chi connectivity index (χ0v) is 22.1. The minimum Gasteiger partial charge on any atom is -0.455 e. The van der Waals surface area contributed by atoms with Crippen LogP contribution in [0.4, 0.5) is 5.82 Å². The maximum Gasteiger partial charge on any atom is 0.271 e. The van der Waals surface area contributed by atoms with Crippen molar-refractivity contribution in [1.82, 2.24) is 19.6 Å². The molecule has 9 nitrogen and oxygen atoms in total. The van der Waals surface area contributed by atoms with Crippen LogP contribution in [0.1, 0.15) is 58.9 Å². The first-order valence-corrected chi connectivity index (χ1v) is 13.0. The number of carbonyl (C=O) groups is 1. The second-order valence-corrected chi connectivity index (χ2v) is 10.1. The lowest BCUT2D eigenvalue weighted by atomic mass is 10.1. The first-order chi connectivity index (χ1) is 18.2. The maximum absolute atomic E-state index is 13.3. The van der Waals surface area contributed by atoms with Crippen molar-refractivity contribution in [1.29, 1.82) is 0 Å². The number of nitrogens with one attached hydrogen (secondary N) is 1. The number of nitrogens with zero attached hydrogens (tertiary/aromatic N) is 4. The number of ether oxygens (including phenoxy) is 1. The van der Waals surface area contributed by atoms with E-state index in [2.05, 4.69) is 22.4 Å². The van der Waals surface area contributed by atoms with E-state index in [-0.39, 0.29) is 12.5 Å². The number of benzene rings is 2. The Morgan fingerprint density at radius 3 is 2.66 bits per heavy atom. The van der Waals surface area contributed by atoms with Crippen LogP contribution in [0, 0.1) is 0 Å². The summed E-state index contributed by atoms with van der Waals surface area (Å²) in [5.41, 5.74) is -1.37. The molecule has 1 atom stereocenters. The van der Waals surface area contributed by atoms with Crippen molar-refractivity contribution in [2.75, 3.05) is 5.32 Å². The molecule has 0 bridgehead atoms. The Kier molecular flexibility index (Phi) is 8.58. The molecule has 38 heavy (non-hydrogen) atoms. The zero-order valence-electron chi connectivity index (χ0n) is 22.1. The fraction of sp³-hybridized carbons (Fsp3) is 0.379. The molecular formula is C29H35N5O4. The number of amides is 1. The molecule has 2 heterocycles. The van der Waals surface area contributed by atoms with E-state index in [0.29, 0.717) is 23.7 Å². The molecule has 2 aromatic heterocycles. The van der Waals surface area contributed by atoms with Gasteiger partial charge in [0.2, 0.25) is 0 Å². The highest BCUT2D eigenvalue weighted by Gasteiger charge is 2.24. The summed E-state index contributed by atoms with van der Waals surface area (Å²) < 4.78 is 8.79. The second kappa shape index (κ2) is 12.0. The number of anilines is 1. The van der Waals surface area contributed by atoms with Crippen molar-refractivity contribution < 1.29 is 14.6 Å². The summed E-state index contributed by atoms with van der Waals surface area (Å²) >= 11 is 0. The average molecular weight is 518 g/mol. The van der Waals surface area contributed by atoms with Gasteiger partial charge in [-0.25, -0.2) is 4.68 Å². The lowest BCUT2D eigenvalue weighted by Crippen LogP contribution is -2.35. The van der Waals surface area contributed by atoms with Gasteiger partial charge >= 0.3 is 0 Å². The third-order valence-corrected chi connectivity index (χ3v) is 6.15. The van der Waals surface area contributed by atoms with E-state index in [4.69, 9.17) is 4.74 Å². The smallest absolute Gasteiger partial charge is 0.271 e. The van der Waals surface area contributed by atoms with Gasteiger partial charge in [-0.1, -0.05) is 69.0 Å². The van der Waals surface area contributed by atoms with Gasteiger partial charge in [-0.2, -0.15) is 10.2 Å². The maximum atomic E-state index is 13.3. The van der Waals surface area contributed by atoms with Crippen LogP contribution in [0.25, 0.3) is 10.8 Å². The highest BCUT2D eigenvalue weighted by Crippen LogP contribution is 2.29. The molecule has 1 unspecified atom stereocenters. The molecule has 0 fully saturated rings. The summed E-state index contributed by atoms with van der Waals surface area (Å²) in [5.74, 6) is 0.907. The van der Waals surface area contributed by atoms with Crippen molar-refractivity contribution in [3.63, 3.8) is 0 Å². The number of carbonyl (C=O) groups excluding carboxylic acids is 1. The van der Waals surface area contributed by atoms with E-state index in [9.17, 15) is 14.7 Å². The Bertz CT molecular complexity index is 1430. The van der Waals surface area contributed by atoms with Crippen molar-refractivity contribution in [2.45, 2.75) is 71.1 Å². The standard InChI is InChI=1S/C29H35N5O4/c1-4-5-6-7-14-24(28(36)31-26-16-17-33(32-26)20-29(2,3)37)34-27(35)18-22(19-30-34)38-25-15-10-12-21-11-8-9-13-23(21)25/h8-13,15-19,24,37H,4-7,14,20H2,1-3H3,(H,31,32,36). The average Bonchev–Trinajstić information content (AvgIpc) is 3.30. The monoisotopic (exact) mass is 517 g/mol. The quantitative estimate of drug-likeness (QED) is 0.247. The van der Waals surface area contributed by atoms with E-state index in [0.717, 1.165) is 36.5 Å². The molecule has 0 radical (unpaired) electrons. The van der Waals surface area contributed by atoms with Crippen molar-refractivity contribution in [3.05, 3.63) is 77.3 Å². The minimum atomic E-state index is -0.942. The fourth-order valence-corrected chi connectivity index (χ4v) is 4.35. The highest BCUT2D eigenvalue weighted by molar-refractivity contribution is 5.92. The molecule has 2 N–H and O–H groups in total. The summed E-state index contributed by atoms with van der Waals surface area (Å²) in [4.78, 5) is 26.4. The van der Waals surface area contributed by atoms with Crippen molar-refractivity contribution in [3.8, 4) is 11.5 Å². The van der Waals surface area contributed by atoms with Gasteiger partial charge in [0, 0.05) is 23.7 Å². The van der Waals surface area contributed by atoms with Gasteiger partial charge in [0.05, 0.1) is 18.3 Å². The molecule has 4 rings (SSSR count). The van der Waals surface area contributed by atoms with E-state index < -0.39 is 17.2 Å². The number of unbranched alkanes of at least 4 members (excludes halogenated alkanes) is 3. The van der Waals surface area contributed by atoms with Crippen LogP contribution >= 0.6 is 0 Å². The van der Waals surface area contributed by atoms with Gasteiger partial charge < -0.3 is 15.2 Å². The number of hydrogen-bond acceptors (Lipinski definition) is 6. The number of fused-ring (bicyclic) bond motifs is 1. The minimum absolute atomic E-state index is 0.280. The molecule has 200 valence electrons. The van der Waals surface area contributed by atoms with E-state index in [1.54, 1.807) is 30.8 Å². The fourth-order valence-electron chi connectivity index (χ4n) is 4.35. The molecule has 9 heteroatoms. The first kappa shape index (κ1) is 27.1. The molecule has 0 saturated carbocycles. The summed E-state index contributed by atoms with van der Waals surface area (Å²) in [6.45, 7) is 5.77. The zero-order chi connectivity index (χ0) is 27.1. The van der Waals surface area contributed by atoms with Crippen molar-refractivity contribution >= 4 is 22.5 Å². The highest BCUT2D eigenvalue weighted by atomic mass is 16.5. The van der Waals surface area contributed by atoms with Gasteiger partial charge in [0.25, 0.3) is 11.5 Å². The Labute approximate surface area is 222 Å². The normalized spacial score (nSPS) is 12.4. The lowest BCUT2D eigenvalue weighted by molar-refractivity contribution is -0.119. The Morgan fingerprint density at radius 2 is 1.89 bits per heavy atom. The van der Waals surface area contributed by atoms with Gasteiger partial charge in [0.15, 0.2) is 11.6 Å². The Hall–Kier alpha value is -3.98. The molecule has 0 saturated heterocycles. The predicted octanol–water partition coefficient (Wildman–Crippen LogP) is 5.31. The molecule has 2 aromatic carbocycles. The molecule has 4 aromatic rings. The van der Waals surface area contributed by atoms with Crippen LogP contribution in [0.15, 0.2) is 71.8 Å². The van der Waals surface area contributed by atoms with Crippen LogP contribution in [0.3, 0.4) is 0 Å². The molecular weight excluding hydrogens is 482 g/mol. The van der Waals surface area contributed by atoms with Crippen LogP contribution in [-0.2, 0) is 11.3 Å². The first-order valence-electron chi connectivity index (χ1n) is 13.0. The number of aromatic nitrogens is 4. The Morgan fingerprint density at radius 1 is 1.11 bits per heavy atom. The van der Waals surface area contributed by atoms with Gasteiger partial charge in [0.1, 0.15) is 11.8 Å². The number of rotatable bonds is 12. The van der Waals surface area contributed by atoms with E-state index >= 15 is 0 Å². The lowest BCUT2D eigenvalue weighted by Gasteiger charge is -2.18. The largest absolute Gasteiger partial charge is 0.455 e. The van der Waals surface area contributed by atoms with Gasteiger partial charge in [-0.3, -0.25) is 14.3 Å². The third-order valence-electron chi connectivity index (χ3n) is 6.15. The van der Waals surface area contributed by atoms with Crippen LogP contribution in [-0.4, -0.2) is 36.2 Å². The van der Waals surface area contributed by atoms with Gasteiger partial charge in [-0.05, 0) is 31.7 Å². The summed E-state index contributed by atoms with van der Waals surface area (Å²) in [6, 6.07) is 15.8. The van der Waals surface area contributed by atoms with E-state index in [1.165, 1.54) is 16.9 Å². The van der Waals surface area contributed by atoms with Crippen LogP contribution < -0.4 is 15.6 Å². The molecule has 0 aliphatic heterocycles. The predicted molar refractivity (Wildman–Crippen MR) is 147 cm³/mol. The second-order valence-electron chi connectivity index (χ2n) is 10.1. The van der Waals surface area contributed by atoms with Gasteiger partial charge in [-0.15, -0.1) is 0 Å². The topological polar surface area (TPSA) is 111 Å². The molecule has 0 aliphatic carbocycles. The van der Waals surface area contributed by atoms with Crippen LogP contribution in [0.2, 0.25) is 0 Å². The van der Waals surface area contributed by atoms with Crippen LogP contribution in [0.5, 0.6) is 11.5 Å². The summed E-state index contributed by atoms with van der Waals surface area (Å²) in [6.07, 6.45) is 7.47. The number of hydrogen-bond donors (Lipinski definition) is 2. The number of aliphatic hydroxyl groups is 1. The SMILES string of the molecule is CCCCCCC(C(=O)Nc1ccn(CC(C)(C)O)n1)n1ncc(Oc2cccc3ccccc23)cc1=O. The third kappa shape index (κ3) is 7.07. The molecule has 0 aliphatic rings. The Balaban J connectivity index is 1.54. The van der Waals surface area contributed by atoms with E-state index in [1.807, 2.05) is 42.5 Å². The summed E-state index contributed by atoms with van der Waals surface area (Å²) in [5, 5.41) is 23.5.